The molecule has 0 saturated heterocycles. The van der Waals surface area contributed by atoms with Gasteiger partial charge in [0.2, 0.25) is 0 Å². The molecule has 0 aliphatic heterocycles. The van der Waals surface area contributed by atoms with E-state index in [9.17, 15) is 15.3 Å². The van der Waals surface area contributed by atoms with Gasteiger partial charge in [0.25, 0.3) is 0 Å². The maximum Gasteiger partial charge on any atom is 0.163 e. The van der Waals surface area contributed by atoms with Crippen LogP contribution in [0.5, 0.6) is 11.5 Å². The molecule has 6 heteroatoms. The van der Waals surface area contributed by atoms with Crippen molar-refractivity contribution in [1.29, 1.82) is 0 Å². The van der Waals surface area contributed by atoms with Crippen LogP contribution in [-0.2, 0) is 0 Å². The lowest BCUT2D eigenvalue weighted by Gasteiger charge is -2.18. The molecule has 1 aromatic carbocycles. The first kappa shape index (κ1) is 13.2. The largest absolute Gasteiger partial charge is 0.504 e. The van der Waals surface area contributed by atoms with Gasteiger partial charge in [-0.15, -0.1) is 0 Å². The van der Waals surface area contributed by atoms with E-state index in [4.69, 9.17) is 9.84 Å². The maximum atomic E-state index is 9.73. The summed E-state index contributed by atoms with van der Waals surface area (Å²) in [7, 11) is 1.38. The second kappa shape index (κ2) is 5.49. The zero-order valence-corrected chi connectivity index (χ0v) is 10.2. The van der Waals surface area contributed by atoms with E-state index in [2.05, 4.69) is 15.9 Å². The molecule has 0 saturated carbocycles. The third-order valence-electron chi connectivity index (χ3n) is 2.16. The molecule has 0 spiro atoms. The Labute approximate surface area is 101 Å². The number of methoxy groups -OCH3 is 1. The van der Waals surface area contributed by atoms with Crippen LogP contribution in [0.15, 0.2) is 16.6 Å². The first-order valence-corrected chi connectivity index (χ1v) is 5.34. The van der Waals surface area contributed by atoms with Crippen LogP contribution in [0.25, 0.3) is 0 Å². The van der Waals surface area contributed by atoms with Gasteiger partial charge in [-0.25, -0.2) is 0 Å². The highest BCUT2D eigenvalue weighted by atomic mass is 79.9. The van der Waals surface area contributed by atoms with Crippen molar-refractivity contribution >= 4 is 15.9 Å². The van der Waals surface area contributed by atoms with E-state index in [0.717, 1.165) is 0 Å². The molecular formula is C10H13BrO5. The number of aliphatic hydroxyl groups excluding tert-OH is 3. The molecule has 5 nitrogen and oxygen atoms in total. The Bertz CT molecular complexity index is 368. The molecule has 90 valence electrons. The highest BCUT2D eigenvalue weighted by molar-refractivity contribution is 9.10. The van der Waals surface area contributed by atoms with Crippen LogP contribution in [-0.4, -0.2) is 40.2 Å². The van der Waals surface area contributed by atoms with Gasteiger partial charge >= 0.3 is 0 Å². The van der Waals surface area contributed by atoms with Crippen molar-refractivity contribution in [3.8, 4) is 11.5 Å². The Kier molecular flexibility index (Phi) is 4.55. The van der Waals surface area contributed by atoms with E-state index >= 15 is 0 Å². The first-order valence-electron chi connectivity index (χ1n) is 4.54. The van der Waals surface area contributed by atoms with Gasteiger partial charge in [0, 0.05) is 10.0 Å². The summed E-state index contributed by atoms with van der Waals surface area (Å²) in [5.74, 6) is -0.0840. The molecule has 0 fully saturated rings. The van der Waals surface area contributed by atoms with E-state index in [1.54, 1.807) is 0 Å². The number of phenols is 1. The van der Waals surface area contributed by atoms with Crippen molar-refractivity contribution in [1.82, 2.24) is 0 Å². The van der Waals surface area contributed by atoms with Crippen LogP contribution in [0.3, 0.4) is 0 Å². The molecule has 2 unspecified atom stereocenters. The average molecular weight is 293 g/mol. The SMILES string of the molecule is COc1cc(Br)cc(C(O)C(O)CO)c1O. The monoisotopic (exact) mass is 292 g/mol. The molecule has 0 aliphatic rings. The molecule has 1 rings (SSSR count). The van der Waals surface area contributed by atoms with Crippen LogP contribution < -0.4 is 4.74 Å². The molecule has 2 atom stereocenters. The fourth-order valence-corrected chi connectivity index (χ4v) is 1.74. The fourth-order valence-electron chi connectivity index (χ4n) is 1.28. The minimum Gasteiger partial charge on any atom is -0.504 e. The highest BCUT2D eigenvalue weighted by Gasteiger charge is 2.23. The molecular weight excluding hydrogens is 280 g/mol. The Morgan fingerprint density at radius 2 is 2.00 bits per heavy atom. The van der Waals surface area contributed by atoms with Crippen LogP contribution in [0, 0.1) is 0 Å². The van der Waals surface area contributed by atoms with Gasteiger partial charge in [0.15, 0.2) is 11.5 Å². The van der Waals surface area contributed by atoms with E-state index in [-0.39, 0.29) is 17.1 Å². The summed E-state index contributed by atoms with van der Waals surface area (Å²) >= 11 is 3.18. The molecule has 0 amide bonds. The van der Waals surface area contributed by atoms with Gasteiger partial charge < -0.3 is 25.2 Å². The summed E-state index contributed by atoms with van der Waals surface area (Å²) in [6.45, 7) is -0.602. The lowest BCUT2D eigenvalue weighted by molar-refractivity contribution is -0.0163. The number of aliphatic hydroxyl groups is 3. The molecule has 0 heterocycles. The molecule has 0 radical (unpaired) electrons. The number of aromatic hydroxyl groups is 1. The lowest BCUT2D eigenvalue weighted by Crippen LogP contribution is -2.22. The van der Waals surface area contributed by atoms with Crippen LogP contribution >= 0.6 is 15.9 Å². The number of benzene rings is 1. The van der Waals surface area contributed by atoms with Gasteiger partial charge in [-0.3, -0.25) is 0 Å². The second-order valence-electron chi connectivity index (χ2n) is 3.24. The second-order valence-corrected chi connectivity index (χ2v) is 4.16. The normalized spacial score (nSPS) is 14.6. The van der Waals surface area contributed by atoms with E-state index in [0.29, 0.717) is 4.47 Å². The molecule has 16 heavy (non-hydrogen) atoms. The van der Waals surface area contributed by atoms with Crippen molar-refractivity contribution < 1.29 is 25.2 Å². The molecule has 0 aliphatic carbocycles. The Hall–Kier alpha value is -0.820. The van der Waals surface area contributed by atoms with Gasteiger partial charge in [-0.1, -0.05) is 15.9 Å². The quantitative estimate of drug-likeness (QED) is 0.651. The summed E-state index contributed by atoms with van der Waals surface area (Å²) in [5.41, 5.74) is 0.0905. The van der Waals surface area contributed by atoms with Crippen molar-refractivity contribution in [3.63, 3.8) is 0 Å². The summed E-state index contributed by atoms with van der Waals surface area (Å²) in [6, 6.07) is 2.97. The zero-order valence-electron chi connectivity index (χ0n) is 8.59. The van der Waals surface area contributed by atoms with Crippen molar-refractivity contribution in [2.75, 3.05) is 13.7 Å². The molecule has 1 aromatic rings. The van der Waals surface area contributed by atoms with Crippen LogP contribution in [0.1, 0.15) is 11.7 Å². The number of phenolic OH excluding ortho intramolecular Hbond substituents is 1. The van der Waals surface area contributed by atoms with E-state index in [1.807, 2.05) is 0 Å². The van der Waals surface area contributed by atoms with Crippen molar-refractivity contribution in [2.45, 2.75) is 12.2 Å². The van der Waals surface area contributed by atoms with Gasteiger partial charge in [-0.05, 0) is 12.1 Å². The average Bonchev–Trinajstić information content (AvgIpc) is 2.29. The predicted octanol–water partition coefficient (Wildman–Crippen LogP) is 0.550. The Balaban J connectivity index is 3.17. The molecule has 0 bridgehead atoms. The highest BCUT2D eigenvalue weighted by Crippen LogP contribution is 2.37. The summed E-state index contributed by atoms with van der Waals surface area (Å²) < 4.78 is 5.48. The Morgan fingerprint density at radius 3 is 2.50 bits per heavy atom. The lowest BCUT2D eigenvalue weighted by atomic mass is 10.0. The standard InChI is InChI=1S/C10H13BrO5/c1-16-8-3-5(11)2-6(10(8)15)9(14)7(13)4-12/h2-3,7,9,12-15H,4H2,1H3. The van der Waals surface area contributed by atoms with E-state index in [1.165, 1.54) is 19.2 Å². The number of rotatable bonds is 4. The van der Waals surface area contributed by atoms with Crippen molar-refractivity contribution in [3.05, 3.63) is 22.2 Å². The van der Waals surface area contributed by atoms with Crippen molar-refractivity contribution in [2.24, 2.45) is 0 Å². The number of hydrogen-bond donors (Lipinski definition) is 4. The van der Waals surface area contributed by atoms with Crippen LogP contribution in [0.4, 0.5) is 0 Å². The smallest absolute Gasteiger partial charge is 0.163 e. The van der Waals surface area contributed by atoms with Gasteiger partial charge in [-0.2, -0.15) is 0 Å². The minimum absolute atomic E-state index is 0.0905. The first-order chi connectivity index (χ1) is 7.51. The number of halogens is 1. The summed E-state index contributed by atoms with van der Waals surface area (Å²) in [6.07, 6.45) is -2.73. The number of ether oxygens (including phenoxy) is 1. The van der Waals surface area contributed by atoms with E-state index < -0.39 is 18.8 Å². The third kappa shape index (κ3) is 2.65. The summed E-state index contributed by atoms with van der Waals surface area (Å²) in [5, 5.41) is 37.4. The Morgan fingerprint density at radius 1 is 1.38 bits per heavy atom. The number of hydrogen-bond acceptors (Lipinski definition) is 5. The maximum absolute atomic E-state index is 9.73. The molecule has 4 N–H and O–H groups in total. The third-order valence-corrected chi connectivity index (χ3v) is 2.62. The minimum atomic E-state index is -1.38. The summed E-state index contributed by atoms with van der Waals surface area (Å²) in [4.78, 5) is 0. The van der Waals surface area contributed by atoms with Crippen LogP contribution in [0.2, 0.25) is 0 Å². The van der Waals surface area contributed by atoms with Gasteiger partial charge in [0.05, 0.1) is 13.7 Å². The topological polar surface area (TPSA) is 90.2 Å². The van der Waals surface area contributed by atoms with Gasteiger partial charge in [0.1, 0.15) is 12.2 Å². The fraction of sp³-hybridized carbons (Fsp3) is 0.400. The predicted molar refractivity (Wildman–Crippen MR) is 60.4 cm³/mol. The molecule has 0 aromatic heterocycles. The zero-order chi connectivity index (χ0) is 12.3.